The van der Waals surface area contributed by atoms with Crippen LogP contribution in [-0.4, -0.2) is 55.4 Å². The number of aromatic nitrogens is 1. The number of anilines is 1. The van der Waals surface area contributed by atoms with Crippen molar-refractivity contribution in [2.45, 2.75) is 38.3 Å². The molecule has 3 heterocycles. The van der Waals surface area contributed by atoms with E-state index in [4.69, 9.17) is 14.0 Å². The Kier molecular flexibility index (Phi) is 6.81. The van der Waals surface area contributed by atoms with Gasteiger partial charge in [-0.3, -0.25) is 4.79 Å². The van der Waals surface area contributed by atoms with Crippen LogP contribution in [0.4, 0.5) is 5.88 Å². The molecule has 34 heavy (non-hydrogen) atoms. The molecule has 2 aliphatic heterocycles. The lowest BCUT2D eigenvalue weighted by molar-refractivity contribution is 0.0507. The Labute approximate surface area is 200 Å². The monoisotopic (exact) mass is 461 g/mol. The Bertz CT molecular complexity index is 1080. The van der Waals surface area contributed by atoms with Gasteiger partial charge in [0.2, 0.25) is 5.88 Å². The third-order valence-corrected chi connectivity index (χ3v) is 6.63. The number of benzene rings is 2. The number of rotatable bonds is 8. The first-order chi connectivity index (χ1) is 16.7. The summed E-state index contributed by atoms with van der Waals surface area (Å²) in [4.78, 5) is 17.8. The zero-order valence-electron chi connectivity index (χ0n) is 19.6. The maximum absolute atomic E-state index is 13.7. The lowest BCUT2D eigenvalue weighted by atomic mass is 10.1. The van der Waals surface area contributed by atoms with Crippen LogP contribution in [0.2, 0.25) is 0 Å². The first kappa shape index (κ1) is 22.5. The van der Waals surface area contributed by atoms with Crippen molar-refractivity contribution in [3.05, 3.63) is 65.7 Å². The molecule has 1 aromatic heterocycles. The van der Waals surface area contributed by atoms with E-state index >= 15 is 0 Å². The quantitative estimate of drug-likeness (QED) is 0.481. The van der Waals surface area contributed by atoms with E-state index in [0.717, 1.165) is 73.8 Å². The first-order valence-electron chi connectivity index (χ1n) is 12.1. The highest BCUT2D eigenvalue weighted by atomic mass is 16.5. The standard InChI is InChI=1S/C27H31N3O4/c1-32-22-13-11-21(12-14-22)26(31)30(18-23-10-7-17-33-23)19-24-25(20-8-3-2-4-9-20)28-34-27(24)29-15-5-6-16-29/h2-4,8-9,11-14,23H,5-7,10,15-19H2,1H3/t23-/m1/s1. The van der Waals surface area contributed by atoms with Gasteiger partial charge in [-0.2, -0.15) is 0 Å². The molecule has 2 fully saturated rings. The highest BCUT2D eigenvalue weighted by Crippen LogP contribution is 2.34. The molecule has 0 saturated carbocycles. The highest BCUT2D eigenvalue weighted by Gasteiger charge is 2.30. The van der Waals surface area contributed by atoms with Gasteiger partial charge in [-0.1, -0.05) is 35.5 Å². The minimum absolute atomic E-state index is 0.0364. The van der Waals surface area contributed by atoms with E-state index in [9.17, 15) is 4.79 Å². The molecule has 7 nitrogen and oxygen atoms in total. The van der Waals surface area contributed by atoms with Gasteiger partial charge in [0.25, 0.3) is 5.91 Å². The van der Waals surface area contributed by atoms with Gasteiger partial charge in [0, 0.05) is 37.4 Å². The molecule has 1 atom stereocenters. The molecule has 2 saturated heterocycles. The van der Waals surface area contributed by atoms with Crippen molar-refractivity contribution in [1.29, 1.82) is 0 Å². The summed E-state index contributed by atoms with van der Waals surface area (Å²) in [6.07, 6.45) is 4.28. The van der Waals surface area contributed by atoms with E-state index < -0.39 is 0 Å². The fourth-order valence-corrected chi connectivity index (χ4v) is 4.80. The molecule has 0 bridgehead atoms. The molecule has 5 rings (SSSR count). The Morgan fingerprint density at radius 2 is 1.85 bits per heavy atom. The van der Waals surface area contributed by atoms with Crippen LogP contribution in [0.15, 0.2) is 59.1 Å². The number of nitrogens with zero attached hydrogens (tertiary/aromatic N) is 3. The molecule has 178 valence electrons. The summed E-state index contributed by atoms with van der Waals surface area (Å²) in [6, 6.07) is 17.3. The van der Waals surface area contributed by atoms with E-state index in [0.29, 0.717) is 18.7 Å². The smallest absolute Gasteiger partial charge is 0.254 e. The van der Waals surface area contributed by atoms with Gasteiger partial charge in [0.15, 0.2) is 0 Å². The second-order valence-electron chi connectivity index (χ2n) is 8.92. The third-order valence-electron chi connectivity index (χ3n) is 6.63. The van der Waals surface area contributed by atoms with Crippen molar-refractivity contribution in [2.24, 2.45) is 0 Å². The molecular weight excluding hydrogens is 430 g/mol. The number of hydrogen-bond acceptors (Lipinski definition) is 6. The molecule has 0 spiro atoms. The molecule has 3 aromatic rings. The van der Waals surface area contributed by atoms with Crippen LogP contribution in [0.25, 0.3) is 11.3 Å². The molecule has 7 heteroatoms. The van der Waals surface area contributed by atoms with Gasteiger partial charge in [-0.15, -0.1) is 0 Å². The van der Waals surface area contributed by atoms with Gasteiger partial charge in [0.05, 0.1) is 25.3 Å². The Morgan fingerprint density at radius 3 is 2.53 bits per heavy atom. The van der Waals surface area contributed by atoms with Gasteiger partial charge in [-0.25, -0.2) is 0 Å². The number of carbonyl (C=O) groups excluding carboxylic acids is 1. The summed E-state index contributed by atoms with van der Waals surface area (Å²) in [5, 5.41) is 4.47. The van der Waals surface area contributed by atoms with Crippen LogP contribution in [-0.2, 0) is 11.3 Å². The van der Waals surface area contributed by atoms with Crippen molar-refractivity contribution in [2.75, 3.05) is 38.3 Å². The minimum atomic E-state index is -0.0364. The first-order valence-corrected chi connectivity index (χ1v) is 12.1. The largest absolute Gasteiger partial charge is 0.497 e. The van der Waals surface area contributed by atoms with Crippen LogP contribution in [0.5, 0.6) is 5.75 Å². The summed E-state index contributed by atoms with van der Waals surface area (Å²) in [6.45, 7) is 3.56. The van der Waals surface area contributed by atoms with E-state index in [2.05, 4.69) is 10.1 Å². The molecular formula is C27H31N3O4. The topological polar surface area (TPSA) is 68.0 Å². The van der Waals surface area contributed by atoms with Crippen LogP contribution < -0.4 is 9.64 Å². The van der Waals surface area contributed by atoms with E-state index in [-0.39, 0.29) is 12.0 Å². The predicted molar refractivity (Wildman–Crippen MR) is 130 cm³/mol. The lowest BCUT2D eigenvalue weighted by Gasteiger charge is -2.27. The normalized spacial score (nSPS) is 17.8. The lowest BCUT2D eigenvalue weighted by Crippen LogP contribution is -2.37. The van der Waals surface area contributed by atoms with Gasteiger partial charge in [-0.05, 0) is 49.9 Å². The summed E-state index contributed by atoms with van der Waals surface area (Å²) in [5.74, 6) is 1.46. The maximum atomic E-state index is 13.7. The zero-order valence-corrected chi connectivity index (χ0v) is 19.6. The van der Waals surface area contributed by atoms with Gasteiger partial charge < -0.3 is 23.8 Å². The number of ether oxygens (including phenoxy) is 2. The average molecular weight is 462 g/mol. The SMILES string of the molecule is COc1ccc(C(=O)N(Cc2c(-c3ccccc3)noc2N2CCCC2)C[C@H]2CCCO2)cc1. The molecule has 2 aromatic carbocycles. The molecule has 0 radical (unpaired) electrons. The minimum Gasteiger partial charge on any atom is -0.497 e. The van der Waals surface area contributed by atoms with Crippen molar-refractivity contribution in [3.8, 4) is 17.0 Å². The van der Waals surface area contributed by atoms with Gasteiger partial charge in [0.1, 0.15) is 11.4 Å². The summed E-state index contributed by atoms with van der Waals surface area (Å²) < 4.78 is 17.1. The molecule has 0 N–H and O–H groups in total. The Balaban J connectivity index is 1.50. The average Bonchev–Trinajstić information content (AvgIpc) is 3.66. The highest BCUT2D eigenvalue weighted by molar-refractivity contribution is 5.94. The number of hydrogen-bond donors (Lipinski definition) is 0. The van der Waals surface area contributed by atoms with E-state index in [1.165, 1.54) is 0 Å². The summed E-state index contributed by atoms with van der Waals surface area (Å²) >= 11 is 0. The number of amides is 1. The van der Waals surface area contributed by atoms with Crippen LogP contribution >= 0.6 is 0 Å². The molecule has 0 unspecified atom stereocenters. The predicted octanol–water partition coefficient (Wildman–Crippen LogP) is 4.77. The molecule has 2 aliphatic rings. The van der Waals surface area contributed by atoms with Crippen molar-refractivity contribution in [1.82, 2.24) is 10.1 Å². The van der Waals surface area contributed by atoms with Gasteiger partial charge >= 0.3 is 0 Å². The number of carbonyl (C=O) groups is 1. The van der Waals surface area contributed by atoms with E-state index in [1.807, 2.05) is 59.5 Å². The van der Waals surface area contributed by atoms with E-state index in [1.54, 1.807) is 7.11 Å². The summed E-state index contributed by atoms with van der Waals surface area (Å²) in [5.41, 5.74) is 3.36. The van der Waals surface area contributed by atoms with Crippen molar-refractivity contribution >= 4 is 11.8 Å². The van der Waals surface area contributed by atoms with Crippen molar-refractivity contribution < 1.29 is 18.8 Å². The fraction of sp³-hybridized carbons (Fsp3) is 0.407. The second kappa shape index (κ2) is 10.3. The Hall–Kier alpha value is -3.32. The van der Waals surface area contributed by atoms with Crippen LogP contribution in [0.1, 0.15) is 41.6 Å². The number of methoxy groups -OCH3 is 1. The Morgan fingerprint density at radius 1 is 1.09 bits per heavy atom. The summed E-state index contributed by atoms with van der Waals surface area (Å²) in [7, 11) is 1.62. The maximum Gasteiger partial charge on any atom is 0.254 e. The van der Waals surface area contributed by atoms with Crippen molar-refractivity contribution in [3.63, 3.8) is 0 Å². The second-order valence-corrected chi connectivity index (χ2v) is 8.92. The fourth-order valence-electron chi connectivity index (χ4n) is 4.80. The zero-order chi connectivity index (χ0) is 23.3. The van der Waals surface area contributed by atoms with Crippen LogP contribution in [0.3, 0.4) is 0 Å². The van der Waals surface area contributed by atoms with Crippen LogP contribution in [0, 0.1) is 0 Å². The third kappa shape index (κ3) is 4.80. The molecule has 0 aliphatic carbocycles. The molecule has 1 amide bonds.